The number of nitrogens with one attached hydrogen (secondary N) is 1. The molecule has 2 rings (SSSR count). The lowest BCUT2D eigenvalue weighted by Gasteiger charge is -2.18. The molecule has 20 heavy (non-hydrogen) atoms. The molecule has 0 bridgehead atoms. The van der Waals surface area contributed by atoms with Crippen LogP contribution < -0.4 is 5.32 Å². The fourth-order valence-corrected chi connectivity index (χ4v) is 3.91. The molecule has 0 saturated heterocycles. The minimum atomic E-state index is -0.301. The molecule has 1 atom stereocenters. The Balaban J connectivity index is 2.10. The van der Waals surface area contributed by atoms with Gasteiger partial charge in [-0.05, 0) is 53.0 Å². The van der Waals surface area contributed by atoms with E-state index < -0.39 is 0 Å². The Labute approximate surface area is 136 Å². The van der Waals surface area contributed by atoms with Gasteiger partial charge in [-0.3, -0.25) is 0 Å². The van der Waals surface area contributed by atoms with Gasteiger partial charge in [0.05, 0.1) is 5.02 Å². The molecule has 0 amide bonds. The van der Waals surface area contributed by atoms with Gasteiger partial charge in [0.25, 0.3) is 0 Å². The molecule has 108 valence electrons. The van der Waals surface area contributed by atoms with Crippen molar-refractivity contribution in [3.8, 4) is 0 Å². The molecule has 1 heterocycles. The van der Waals surface area contributed by atoms with Gasteiger partial charge in [-0.25, -0.2) is 4.39 Å². The summed E-state index contributed by atoms with van der Waals surface area (Å²) < 4.78 is 15.1. The average molecular weight is 377 g/mol. The Morgan fingerprint density at radius 1 is 1.40 bits per heavy atom. The van der Waals surface area contributed by atoms with Crippen LogP contribution in [0, 0.1) is 5.82 Å². The predicted octanol–water partition coefficient (Wildman–Crippen LogP) is 5.07. The number of halogens is 3. The molecular formula is C15H16BrClFNS. The van der Waals surface area contributed by atoms with Crippen LogP contribution in [0.1, 0.15) is 17.4 Å². The quantitative estimate of drug-likeness (QED) is 0.742. The highest BCUT2D eigenvalue weighted by molar-refractivity contribution is 9.10. The second-order valence-corrected chi connectivity index (χ2v) is 6.93. The molecule has 0 radical (unpaired) electrons. The van der Waals surface area contributed by atoms with Gasteiger partial charge in [0.1, 0.15) is 5.82 Å². The monoisotopic (exact) mass is 375 g/mol. The van der Waals surface area contributed by atoms with E-state index in [0.29, 0.717) is 12.0 Å². The number of likely N-dealkylation sites (N-methyl/N-ethyl adjacent to an activating group) is 1. The van der Waals surface area contributed by atoms with E-state index in [9.17, 15) is 4.39 Å². The zero-order valence-corrected chi connectivity index (χ0v) is 14.3. The van der Waals surface area contributed by atoms with E-state index >= 15 is 0 Å². The lowest BCUT2D eigenvalue weighted by atomic mass is 10.0. The smallest absolute Gasteiger partial charge is 0.145 e. The number of benzene rings is 1. The molecule has 5 heteroatoms. The van der Waals surface area contributed by atoms with E-state index in [0.717, 1.165) is 17.4 Å². The first-order chi connectivity index (χ1) is 9.60. The van der Waals surface area contributed by atoms with Crippen molar-refractivity contribution < 1.29 is 4.39 Å². The number of hydrogen-bond donors (Lipinski definition) is 1. The Bertz CT molecular complexity index is 573. The summed E-state index contributed by atoms with van der Waals surface area (Å²) >= 11 is 11.0. The van der Waals surface area contributed by atoms with Crippen LogP contribution in [0.4, 0.5) is 4.39 Å². The zero-order chi connectivity index (χ0) is 14.5. The minimum absolute atomic E-state index is 0.191. The van der Waals surface area contributed by atoms with Crippen LogP contribution in [-0.4, -0.2) is 12.6 Å². The van der Waals surface area contributed by atoms with E-state index in [-0.39, 0.29) is 16.9 Å². The molecule has 1 unspecified atom stereocenters. The van der Waals surface area contributed by atoms with Crippen molar-refractivity contribution in [2.45, 2.75) is 25.8 Å². The Morgan fingerprint density at radius 2 is 2.20 bits per heavy atom. The fraction of sp³-hybridized carbons (Fsp3) is 0.333. The zero-order valence-electron chi connectivity index (χ0n) is 11.1. The molecule has 0 aliphatic heterocycles. The average Bonchev–Trinajstić information content (AvgIpc) is 2.81. The van der Waals surface area contributed by atoms with Crippen LogP contribution in [0.5, 0.6) is 0 Å². The first kappa shape index (κ1) is 16.0. The van der Waals surface area contributed by atoms with Gasteiger partial charge in [0, 0.05) is 20.8 Å². The van der Waals surface area contributed by atoms with E-state index in [1.54, 1.807) is 29.5 Å². The van der Waals surface area contributed by atoms with Crippen LogP contribution in [0.2, 0.25) is 5.02 Å². The van der Waals surface area contributed by atoms with Crippen LogP contribution in [-0.2, 0) is 12.8 Å². The van der Waals surface area contributed by atoms with E-state index in [2.05, 4.69) is 39.6 Å². The molecule has 2 aromatic rings. The topological polar surface area (TPSA) is 12.0 Å². The van der Waals surface area contributed by atoms with Gasteiger partial charge in [-0.2, -0.15) is 0 Å². The largest absolute Gasteiger partial charge is 0.314 e. The molecule has 0 saturated carbocycles. The Morgan fingerprint density at radius 3 is 2.85 bits per heavy atom. The van der Waals surface area contributed by atoms with Crippen LogP contribution >= 0.6 is 38.9 Å². The second kappa shape index (κ2) is 7.55. The first-order valence-electron chi connectivity index (χ1n) is 6.49. The molecule has 1 aromatic heterocycles. The summed E-state index contributed by atoms with van der Waals surface area (Å²) in [5, 5.41) is 5.68. The van der Waals surface area contributed by atoms with Crippen molar-refractivity contribution in [1.29, 1.82) is 0 Å². The van der Waals surface area contributed by atoms with E-state index in [1.165, 1.54) is 4.88 Å². The van der Waals surface area contributed by atoms with Crippen molar-refractivity contribution in [3.05, 3.63) is 55.4 Å². The summed E-state index contributed by atoms with van der Waals surface area (Å²) in [7, 11) is 0. The van der Waals surface area contributed by atoms with Gasteiger partial charge in [-0.1, -0.05) is 30.7 Å². The summed E-state index contributed by atoms with van der Waals surface area (Å²) in [4.78, 5) is 1.28. The summed E-state index contributed by atoms with van der Waals surface area (Å²) in [6.45, 7) is 2.92. The van der Waals surface area contributed by atoms with Gasteiger partial charge < -0.3 is 5.32 Å². The SMILES string of the molecule is CCNC(Cc1cc(Br)cs1)Cc1cccc(Cl)c1F. The van der Waals surface area contributed by atoms with Gasteiger partial charge in [0.15, 0.2) is 0 Å². The number of hydrogen-bond acceptors (Lipinski definition) is 2. The molecule has 1 N–H and O–H groups in total. The normalized spacial score (nSPS) is 12.6. The Hall–Kier alpha value is -0.420. The molecular weight excluding hydrogens is 361 g/mol. The van der Waals surface area contributed by atoms with Crippen molar-refractivity contribution in [1.82, 2.24) is 5.32 Å². The highest BCUT2D eigenvalue weighted by Crippen LogP contribution is 2.23. The molecule has 1 aromatic carbocycles. The highest BCUT2D eigenvalue weighted by atomic mass is 79.9. The second-order valence-electron chi connectivity index (χ2n) is 4.61. The standard InChI is InChI=1S/C15H16BrClFNS/c1-2-19-12(8-13-7-11(16)9-20-13)6-10-4-3-5-14(17)15(10)18/h3-5,7,9,12,19H,2,6,8H2,1H3. The van der Waals surface area contributed by atoms with Crippen LogP contribution in [0.15, 0.2) is 34.1 Å². The number of rotatable bonds is 6. The maximum absolute atomic E-state index is 14.0. The fourth-order valence-electron chi connectivity index (χ4n) is 2.18. The Kier molecular flexibility index (Phi) is 6.02. The summed E-state index contributed by atoms with van der Waals surface area (Å²) in [5.41, 5.74) is 0.666. The third-order valence-electron chi connectivity index (χ3n) is 3.06. The number of thiophene rings is 1. The van der Waals surface area contributed by atoms with Crippen molar-refractivity contribution in [2.75, 3.05) is 6.54 Å². The van der Waals surface area contributed by atoms with Gasteiger partial charge in [0.2, 0.25) is 0 Å². The third-order valence-corrected chi connectivity index (χ3v) is 5.07. The van der Waals surface area contributed by atoms with Crippen molar-refractivity contribution >= 4 is 38.9 Å². The lowest BCUT2D eigenvalue weighted by Crippen LogP contribution is -2.33. The van der Waals surface area contributed by atoms with E-state index in [1.807, 2.05) is 0 Å². The van der Waals surface area contributed by atoms with Crippen LogP contribution in [0.25, 0.3) is 0 Å². The summed E-state index contributed by atoms with van der Waals surface area (Å²) in [6.07, 6.45) is 1.52. The molecule has 0 aliphatic rings. The maximum atomic E-state index is 14.0. The summed E-state index contributed by atoms with van der Waals surface area (Å²) in [5.74, 6) is -0.301. The van der Waals surface area contributed by atoms with Crippen LogP contribution in [0.3, 0.4) is 0 Å². The van der Waals surface area contributed by atoms with Crippen molar-refractivity contribution in [3.63, 3.8) is 0 Å². The molecule has 0 aliphatic carbocycles. The molecule has 0 spiro atoms. The lowest BCUT2D eigenvalue weighted by molar-refractivity contribution is 0.508. The predicted molar refractivity (Wildman–Crippen MR) is 88.3 cm³/mol. The van der Waals surface area contributed by atoms with Gasteiger partial charge in [-0.15, -0.1) is 11.3 Å². The third kappa shape index (κ3) is 4.29. The first-order valence-corrected chi connectivity index (χ1v) is 8.54. The highest BCUT2D eigenvalue weighted by Gasteiger charge is 2.14. The van der Waals surface area contributed by atoms with Gasteiger partial charge >= 0.3 is 0 Å². The van der Waals surface area contributed by atoms with E-state index in [4.69, 9.17) is 11.6 Å². The van der Waals surface area contributed by atoms with Crippen molar-refractivity contribution in [2.24, 2.45) is 0 Å². The minimum Gasteiger partial charge on any atom is -0.314 e. The summed E-state index contributed by atoms with van der Waals surface area (Å²) in [6, 6.07) is 7.50. The maximum Gasteiger partial charge on any atom is 0.145 e. The molecule has 1 nitrogen and oxygen atoms in total. The molecule has 0 fully saturated rings.